The van der Waals surface area contributed by atoms with Gasteiger partial charge in [-0.25, -0.2) is 10.4 Å². The highest BCUT2D eigenvalue weighted by atomic mass is 16.5. The number of aliphatic hydroxyl groups is 1. The average Bonchev–Trinajstić information content (AvgIpc) is 2.68. The van der Waals surface area contributed by atoms with Crippen molar-refractivity contribution in [2.45, 2.75) is 26.2 Å². The molecule has 1 fully saturated rings. The smallest absolute Gasteiger partial charge is 0.325 e. The molecule has 3 aliphatic heterocycles. The van der Waals surface area contributed by atoms with Crippen LogP contribution in [0, 0.1) is 0 Å². The van der Waals surface area contributed by atoms with E-state index in [0.29, 0.717) is 16.8 Å². The zero-order valence-electron chi connectivity index (χ0n) is 13.2. The first-order valence-electron chi connectivity index (χ1n) is 8.10. The molecular weight excluding hydrogens is 296 g/mol. The molecule has 1 spiro atoms. The Balaban J connectivity index is 1.82. The topological polar surface area (TPSA) is 74.2 Å². The lowest BCUT2D eigenvalue weighted by Gasteiger charge is -2.44. The van der Waals surface area contributed by atoms with E-state index in [1.54, 1.807) is 0 Å². The van der Waals surface area contributed by atoms with Gasteiger partial charge in [0.1, 0.15) is 18.9 Å². The molecule has 7 heteroatoms. The van der Waals surface area contributed by atoms with E-state index in [0.717, 1.165) is 48.8 Å². The molecule has 4 rings (SSSR count). The molecule has 1 aliphatic carbocycles. The molecule has 0 saturated carbocycles. The highest BCUT2D eigenvalue weighted by Gasteiger charge is 2.55. The number of hydrogen-bond donors (Lipinski definition) is 2. The summed E-state index contributed by atoms with van der Waals surface area (Å²) in [6.45, 7) is 3.76. The normalized spacial score (nSPS) is 29.0. The van der Waals surface area contributed by atoms with E-state index >= 15 is 0 Å². The van der Waals surface area contributed by atoms with Gasteiger partial charge in [-0.05, 0) is 12.5 Å². The zero-order valence-corrected chi connectivity index (χ0v) is 13.2. The van der Waals surface area contributed by atoms with Crippen LogP contribution in [0.25, 0.3) is 0 Å². The van der Waals surface area contributed by atoms with Crippen LogP contribution in [0.2, 0.25) is 0 Å². The van der Waals surface area contributed by atoms with Crippen molar-refractivity contribution >= 4 is 11.6 Å². The van der Waals surface area contributed by atoms with Crippen LogP contribution in [0.15, 0.2) is 40.0 Å². The van der Waals surface area contributed by atoms with Crippen molar-refractivity contribution in [2.75, 3.05) is 26.3 Å². The monoisotopic (exact) mass is 317 g/mol. The van der Waals surface area contributed by atoms with Gasteiger partial charge in [0.15, 0.2) is 17.1 Å². The Kier molecular flexibility index (Phi) is 3.28. The summed E-state index contributed by atoms with van der Waals surface area (Å²) in [6.07, 6.45) is 6.61. The van der Waals surface area contributed by atoms with Crippen LogP contribution >= 0.6 is 0 Å². The average molecular weight is 317 g/mol. The first kappa shape index (κ1) is 14.5. The number of quaternary nitrogens is 1. The first-order chi connectivity index (χ1) is 11.2. The number of carbonyl (C=O) groups is 1. The van der Waals surface area contributed by atoms with Gasteiger partial charge in [-0.1, -0.05) is 10.8 Å². The number of carbonyl (C=O) groups excluding carboxylic acids is 1. The van der Waals surface area contributed by atoms with Crippen molar-refractivity contribution in [2.24, 2.45) is 4.99 Å². The maximum atomic E-state index is 12.7. The second-order valence-corrected chi connectivity index (χ2v) is 6.15. The van der Waals surface area contributed by atoms with Crippen LogP contribution in [0.5, 0.6) is 0 Å². The summed E-state index contributed by atoms with van der Waals surface area (Å²) in [7, 11) is 0. The Morgan fingerprint density at radius 1 is 1.48 bits per heavy atom. The molecule has 1 atom stereocenters. The summed E-state index contributed by atoms with van der Waals surface area (Å²) in [6, 6.07) is 0. The highest BCUT2D eigenvalue weighted by molar-refractivity contribution is 6.12. The van der Waals surface area contributed by atoms with E-state index in [9.17, 15) is 4.79 Å². The van der Waals surface area contributed by atoms with Crippen molar-refractivity contribution in [3.8, 4) is 0 Å². The number of amides is 1. The molecule has 1 unspecified atom stereocenters. The largest absolute Gasteiger partial charge is 0.493 e. The fraction of sp³-hybridized carbons (Fsp3) is 0.500. The molecule has 23 heavy (non-hydrogen) atoms. The zero-order chi connectivity index (χ0) is 16.0. The molecule has 1 saturated heterocycles. The second-order valence-electron chi connectivity index (χ2n) is 6.15. The van der Waals surface area contributed by atoms with E-state index in [-0.39, 0.29) is 19.1 Å². The van der Waals surface area contributed by atoms with E-state index in [4.69, 9.17) is 9.84 Å². The number of allylic oxidation sites excluding steroid dienone is 3. The molecular formula is C16H21N4O3+. The van der Waals surface area contributed by atoms with Gasteiger partial charge in [0.2, 0.25) is 0 Å². The Morgan fingerprint density at radius 2 is 2.35 bits per heavy atom. The van der Waals surface area contributed by atoms with Gasteiger partial charge in [0.05, 0.1) is 18.9 Å². The van der Waals surface area contributed by atoms with Gasteiger partial charge in [0, 0.05) is 19.8 Å². The minimum atomic E-state index is -0.0277. The minimum Gasteiger partial charge on any atom is -0.493 e. The Morgan fingerprint density at radius 3 is 3.17 bits per heavy atom. The number of aliphatic hydroxyl groups excluding tert-OH is 1. The van der Waals surface area contributed by atoms with Gasteiger partial charge in [0.25, 0.3) is 0 Å². The quantitative estimate of drug-likeness (QED) is 0.753. The SMILES string of the molecule is CC1=C2N=C3C=CCC(OCCO)=C3N[N+]13CCCCN3C2=O. The first-order valence-corrected chi connectivity index (χ1v) is 8.10. The van der Waals surface area contributed by atoms with Crippen molar-refractivity contribution in [3.63, 3.8) is 0 Å². The molecule has 0 radical (unpaired) electrons. The molecule has 4 aliphatic rings. The van der Waals surface area contributed by atoms with Crippen LogP contribution in [0.3, 0.4) is 0 Å². The van der Waals surface area contributed by atoms with Crippen LogP contribution in [0.4, 0.5) is 0 Å². The number of aliphatic imine (C=N–C) groups is 1. The molecule has 0 aromatic carbocycles. The van der Waals surface area contributed by atoms with E-state index < -0.39 is 0 Å². The Hall–Kier alpha value is -2.12. The lowest BCUT2D eigenvalue weighted by Crippen LogP contribution is -2.67. The van der Waals surface area contributed by atoms with Crippen LogP contribution in [0.1, 0.15) is 26.2 Å². The molecule has 7 nitrogen and oxygen atoms in total. The van der Waals surface area contributed by atoms with E-state index in [1.165, 1.54) is 0 Å². The number of ether oxygens (including phenoxy) is 1. The van der Waals surface area contributed by atoms with Crippen LogP contribution < -0.4 is 5.43 Å². The molecule has 2 N–H and O–H groups in total. The van der Waals surface area contributed by atoms with Crippen LogP contribution in [-0.2, 0) is 9.53 Å². The third-order valence-corrected chi connectivity index (χ3v) is 4.86. The van der Waals surface area contributed by atoms with E-state index in [2.05, 4.69) is 10.4 Å². The minimum absolute atomic E-state index is 0.00181. The maximum Gasteiger partial charge on any atom is 0.325 e. The summed E-state index contributed by atoms with van der Waals surface area (Å²) in [5.74, 6) is 0.768. The summed E-state index contributed by atoms with van der Waals surface area (Å²) < 4.78 is 6.04. The second kappa shape index (κ2) is 5.21. The standard InChI is InChI=1S/C16H21N4O3/c1-11-14-16(22)19-7-2-3-8-20(11,19)18-15-12(17-14)5-4-6-13(15)23-10-9-21/h4-5,18,21H,2-3,6-10H2,1H3/q+1. The highest BCUT2D eigenvalue weighted by Crippen LogP contribution is 2.39. The molecule has 122 valence electrons. The molecule has 0 aromatic heterocycles. The molecule has 0 aromatic rings. The third kappa shape index (κ3) is 1.96. The number of nitrogens with one attached hydrogen (secondary N) is 1. The van der Waals surface area contributed by atoms with Gasteiger partial charge in [-0.3, -0.25) is 4.79 Å². The maximum absolute atomic E-state index is 12.7. The van der Waals surface area contributed by atoms with Crippen LogP contribution in [-0.4, -0.2) is 52.7 Å². The molecule has 3 heterocycles. The summed E-state index contributed by atoms with van der Waals surface area (Å²) >= 11 is 0. The van der Waals surface area contributed by atoms with Gasteiger partial charge < -0.3 is 9.84 Å². The fourth-order valence-corrected chi connectivity index (χ4v) is 3.70. The van der Waals surface area contributed by atoms with Gasteiger partial charge in [-0.2, -0.15) is 5.01 Å². The molecule has 2 bridgehead atoms. The number of nitrogens with zero attached hydrogens (tertiary/aromatic N) is 3. The summed E-state index contributed by atoms with van der Waals surface area (Å²) in [4.78, 5) is 17.3. The predicted molar refractivity (Wildman–Crippen MR) is 83.2 cm³/mol. The van der Waals surface area contributed by atoms with Crippen molar-refractivity contribution in [1.82, 2.24) is 10.4 Å². The summed E-state index contributed by atoms with van der Waals surface area (Å²) in [5.41, 5.74) is 6.58. The van der Waals surface area contributed by atoms with E-state index in [1.807, 2.05) is 24.1 Å². The fourth-order valence-electron chi connectivity index (χ4n) is 3.70. The number of fused-ring (bicyclic) bond motifs is 1. The lowest BCUT2D eigenvalue weighted by molar-refractivity contribution is -1.02. The molecule has 1 amide bonds. The van der Waals surface area contributed by atoms with Gasteiger partial charge >= 0.3 is 5.91 Å². The van der Waals surface area contributed by atoms with Crippen molar-refractivity contribution in [1.29, 1.82) is 0 Å². The van der Waals surface area contributed by atoms with Gasteiger partial charge in [-0.15, -0.1) is 0 Å². The predicted octanol–water partition coefficient (Wildman–Crippen LogP) is 0.725. The third-order valence-electron chi connectivity index (χ3n) is 4.86. The number of hydrogen-bond acceptors (Lipinski definition) is 5. The Labute approximate surface area is 134 Å². The lowest BCUT2D eigenvalue weighted by atomic mass is 10.1. The Bertz CT molecular complexity index is 691. The number of rotatable bonds is 3. The van der Waals surface area contributed by atoms with Crippen molar-refractivity contribution < 1.29 is 19.3 Å². The summed E-state index contributed by atoms with van der Waals surface area (Å²) in [5, 5.41) is 10.9. The van der Waals surface area contributed by atoms with Crippen molar-refractivity contribution in [3.05, 3.63) is 35.0 Å².